The first kappa shape index (κ1) is 10.9. The van der Waals surface area contributed by atoms with E-state index in [1.807, 2.05) is 18.2 Å². The number of benzene rings is 1. The van der Waals surface area contributed by atoms with Gasteiger partial charge in [0.1, 0.15) is 0 Å². The number of nitrogens with one attached hydrogen (secondary N) is 1. The smallest absolute Gasteiger partial charge is 0.677 e. The zero-order valence-electron chi connectivity index (χ0n) is 7.67. The number of hydrogen-bond acceptors (Lipinski definition) is 2. The molecule has 0 unspecified atom stereocenters. The Balaban J connectivity index is 0.000000845. The summed E-state index contributed by atoms with van der Waals surface area (Å²) in [6, 6.07) is 5.81. The molecule has 1 aliphatic heterocycles. The molecule has 1 aliphatic rings. The van der Waals surface area contributed by atoms with E-state index >= 15 is 0 Å². The van der Waals surface area contributed by atoms with Gasteiger partial charge in [0.2, 0.25) is 6.79 Å². The predicted molar refractivity (Wildman–Crippen MR) is 45.5 cm³/mol. The van der Waals surface area contributed by atoms with Crippen LogP contribution in [0.3, 0.4) is 0 Å². The first-order valence-corrected chi connectivity index (χ1v) is 3.93. The van der Waals surface area contributed by atoms with Crippen LogP contribution in [0.15, 0.2) is 18.2 Å². The van der Waals surface area contributed by atoms with Gasteiger partial charge in [-0.3, -0.25) is 0 Å². The van der Waals surface area contributed by atoms with E-state index < -0.39 is 0 Å². The molecule has 1 aromatic rings. The summed E-state index contributed by atoms with van der Waals surface area (Å²) >= 11 is 0. The van der Waals surface area contributed by atoms with Crippen molar-refractivity contribution in [1.82, 2.24) is 0 Å². The van der Waals surface area contributed by atoms with Crippen molar-refractivity contribution in [2.75, 3.05) is 13.3 Å². The minimum atomic E-state index is 0. The van der Waals surface area contributed by atoms with Crippen LogP contribution in [0, 0.1) is 0 Å². The first-order valence-electron chi connectivity index (χ1n) is 3.93. The number of rotatable bonds is 2. The van der Waals surface area contributed by atoms with Crippen LogP contribution >= 0.6 is 0 Å². The van der Waals surface area contributed by atoms with Gasteiger partial charge in [-0.15, -0.1) is 6.54 Å². The van der Waals surface area contributed by atoms with Gasteiger partial charge in [-0.25, -0.2) is 0 Å². The standard InChI is InChI=1S/C9H10NO2.Na/c10-4-3-7-1-2-8-9(5-7)12-6-11-8;/h1-2,5,10H,3-4,6H2;/q-1;+1. The fourth-order valence-corrected chi connectivity index (χ4v) is 1.24. The predicted octanol–water partition coefficient (Wildman–Crippen LogP) is -0.986. The fraction of sp³-hybridized carbons (Fsp3) is 0.333. The summed E-state index contributed by atoms with van der Waals surface area (Å²) in [4.78, 5) is 0. The fourth-order valence-electron chi connectivity index (χ4n) is 1.24. The summed E-state index contributed by atoms with van der Waals surface area (Å²) < 4.78 is 10.4. The largest absolute Gasteiger partial charge is 1.00 e. The van der Waals surface area contributed by atoms with E-state index in [-0.39, 0.29) is 29.6 Å². The normalized spacial score (nSPS) is 12.4. The Kier molecular flexibility index (Phi) is 4.06. The van der Waals surface area contributed by atoms with E-state index in [0.717, 1.165) is 23.5 Å². The SMILES string of the molecule is [NH-]CCc1ccc2c(c1)OCO2.[Na+]. The van der Waals surface area contributed by atoms with Gasteiger partial charge < -0.3 is 15.2 Å². The Labute approximate surface area is 99.5 Å². The molecular formula is C9H10NNaO2. The summed E-state index contributed by atoms with van der Waals surface area (Å²) in [5, 5.41) is 0. The third kappa shape index (κ3) is 2.38. The summed E-state index contributed by atoms with van der Waals surface area (Å²) in [7, 11) is 0. The third-order valence-corrected chi connectivity index (χ3v) is 1.85. The van der Waals surface area contributed by atoms with Crippen LogP contribution in [0.5, 0.6) is 11.5 Å². The summed E-state index contributed by atoms with van der Waals surface area (Å²) in [5.74, 6) is 1.62. The molecule has 4 heteroatoms. The molecule has 2 rings (SSSR count). The second-order valence-electron chi connectivity index (χ2n) is 2.69. The molecule has 0 bridgehead atoms. The van der Waals surface area contributed by atoms with Crippen LogP contribution in [-0.2, 0) is 6.42 Å². The molecule has 1 heterocycles. The molecular weight excluding hydrogens is 177 g/mol. The van der Waals surface area contributed by atoms with Crippen LogP contribution in [-0.4, -0.2) is 13.3 Å². The van der Waals surface area contributed by atoms with E-state index in [1.165, 1.54) is 0 Å². The van der Waals surface area contributed by atoms with Crippen molar-refractivity contribution in [2.45, 2.75) is 6.42 Å². The first-order chi connectivity index (χ1) is 5.90. The van der Waals surface area contributed by atoms with E-state index in [0.29, 0.717) is 13.3 Å². The maximum Gasteiger partial charge on any atom is 1.00 e. The molecule has 1 N–H and O–H groups in total. The van der Waals surface area contributed by atoms with Crippen molar-refractivity contribution in [3.05, 3.63) is 29.5 Å². The van der Waals surface area contributed by atoms with Crippen LogP contribution < -0.4 is 39.0 Å². The van der Waals surface area contributed by atoms with Crippen molar-refractivity contribution in [3.63, 3.8) is 0 Å². The molecule has 0 saturated carbocycles. The van der Waals surface area contributed by atoms with Crippen molar-refractivity contribution >= 4 is 0 Å². The van der Waals surface area contributed by atoms with Gasteiger partial charge in [-0.1, -0.05) is 6.07 Å². The Morgan fingerprint density at radius 2 is 2.00 bits per heavy atom. The van der Waals surface area contributed by atoms with Gasteiger partial charge in [0.15, 0.2) is 11.5 Å². The van der Waals surface area contributed by atoms with Gasteiger partial charge in [0, 0.05) is 0 Å². The van der Waals surface area contributed by atoms with Gasteiger partial charge in [-0.2, -0.15) is 0 Å². The quantitative estimate of drug-likeness (QED) is 0.558. The summed E-state index contributed by atoms with van der Waals surface area (Å²) in [5.41, 5.74) is 8.20. The van der Waals surface area contributed by atoms with Crippen molar-refractivity contribution in [2.24, 2.45) is 0 Å². The molecule has 0 saturated heterocycles. The average molecular weight is 187 g/mol. The Hall–Kier alpha value is -0.220. The Bertz CT molecular complexity index is 291. The molecule has 0 radical (unpaired) electrons. The Morgan fingerprint density at radius 3 is 2.77 bits per heavy atom. The molecule has 0 atom stereocenters. The minimum absolute atomic E-state index is 0. The van der Waals surface area contributed by atoms with Crippen molar-refractivity contribution in [1.29, 1.82) is 0 Å². The molecule has 0 aromatic heterocycles. The van der Waals surface area contributed by atoms with Crippen LogP contribution in [0.4, 0.5) is 0 Å². The van der Waals surface area contributed by atoms with E-state index in [1.54, 1.807) is 0 Å². The van der Waals surface area contributed by atoms with Crippen LogP contribution in [0.1, 0.15) is 5.56 Å². The maximum absolute atomic E-state index is 7.06. The topological polar surface area (TPSA) is 42.3 Å². The second kappa shape index (κ2) is 4.86. The number of fused-ring (bicyclic) bond motifs is 1. The van der Waals surface area contributed by atoms with E-state index in [4.69, 9.17) is 15.2 Å². The number of hydrogen-bond donors (Lipinski definition) is 0. The van der Waals surface area contributed by atoms with E-state index in [9.17, 15) is 0 Å². The minimum Gasteiger partial charge on any atom is -0.677 e. The van der Waals surface area contributed by atoms with Gasteiger partial charge >= 0.3 is 29.6 Å². The molecule has 0 amide bonds. The molecule has 0 spiro atoms. The molecule has 1 aromatic carbocycles. The monoisotopic (exact) mass is 187 g/mol. The van der Waals surface area contributed by atoms with Crippen LogP contribution in [0.2, 0.25) is 0 Å². The van der Waals surface area contributed by atoms with Crippen molar-refractivity contribution < 1.29 is 39.0 Å². The average Bonchev–Trinajstić information content (AvgIpc) is 2.51. The Morgan fingerprint density at radius 1 is 1.23 bits per heavy atom. The number of ether oxygens (including phenoxy) is 2. The second-order valence-corrected chi connectivity index (χ2v) is 2.69. The van der Waals surface area contributed by atoms with Gasteiger partial charge in [0.25, 0.3) is 0 Å². The summed E-state index contributed by atoms with van der Waals surface area (Å²) in [6.45, 7) is 0.735. The molecule has 3 nitrogen and oxygen atoms in total. The summed E-state index contributed by atoms with van der Waals surface area (Å²) in [6.07, 6.45) is 0.774. The molecule has 64 valence electrons. The van der Waals surface area contributed by atoms with Crippen LogP contribution in [0.25, 0.3) is 5.73 Å². The van der Waals surface area contributed by atoms with Crippen molar-refractivity contribution in [3.8, 4) is 11.5 Å². The molecule has 0 fully saturated rings. The zero-order valence-corrected chi connectivity index (χ0v) is 9.67. The van der Waals surface area contributed by atoms with Gasteiger partial charge in [-0.05, 0) is 24.1 Å². The van der Waals surface area contributed by atoms with Gasteiger partial charge in [0.05, 0.1) is 0 Å². The third-order valence-electron chi connectivity index (χ3n) is 1.85. The maximum atomic E-state index is 7.06. The molecule has 0 aliphatic carbocycles. The van der Waals surface area contributed by atoms with E-state index in [2.05, 4.69) is 0 Å². The molecule has 13 heavy (non-hydrogen) atoms. The zero-order chi connectivity index (χ0) is 8.39.